The molecule has 1 unspecified atom stereocenters. The Morgan fingerprint density at radius 2 is 2.50 bits per heavy atom. The van der Waals surface area contributed by atoms with Crippen LogP contribution >= 0.6 is 11.3 Å². The lowest BCUT2D eigenvalue weighted by Crippen LogP contribution is -2.47. The second kappa shape index (κ2) is 4.87. The minimum atomic E-state index is -0.208. The third kappa shape index (κ3) is 2.27. The topological polar surface area (TPSA) is 82.7 Å². The maximum absolute atomic E-state index is 12.0. The number of hydrogen-bond acceptors (Lipinski definition) is 5. The first-order valence-electron chi connectivity index (χ1n) is 5.73. The van der Waals surface area contributed by atoms with Crippen molar-refractivity contribution in [3.63, 3.8) is 0 Å². The Hall–Kier alpha value is -1.73. The van der Waals surface area contributed by atoms with E-state index >= 15 is 0 Å². The van der Waals surface area contributed by atoms with Gasteiger partial charge in [-0.1, -0.05) is 0 Å². The van der Waals surface area contributed by atoms with E-state index in [2.05, 4.69) is 25.6 Å². The van der Waals surface area contributed by atoms with Crippen molar-refractivity contribution in [2.24, 2.45) is 0 Å². The molecule has 0 aromatic carbocycles. The average Bonchev–Trinajstić information content (AvgIpc) is 3.05. The molecule has 18 heavy (non-hydrogen) atoms. The van der Waals surface area contributed by atoms with Crippen LogP contribution in [-0.4, -0.2) is 26.9 Å². The Morgan fingerprint density at radius 1 is 1.56 bits per heavy atom. The summed E-state index contributed by atoms with van der Waals surface area (Å²) < 4.78 is 0. The highest BCUT2D eigenvalue weighted by molar-refractivity contribution is 7.09. The Labute approximate surface area is 108 Å². The number of nitrogens with zero attached hydrogens (tertiary/aromatic N) is 2. The SMILES string of the molecule is O=C(NCc1nccs1)C1Cc2nc[nH]c2CN1. The lowest BCUT2D eigenvalue weighted by molar-refractivity contribution is -0.123. The van der Waals surface area contributed by atoms with Crippen LogP contribution in [0.15, 0.2) is 17.9 Å². The zero-order valence-electron chi connectivity index (χ0n) is 9.64. The highest BCUT2D eigenvalue weighted by Crippen LogP contribution is 2.12. The number of H-pyrrole nitrogens is 1. The molecule has 0 fully saturated rings. The summed E-state index contributed by atoms with van der Waals surface area (Å²) in [6.07, 6.45) is 4.03. The highest BCUT2D eigenvalue weighted by atomic mass is 32.1. The molecule has 3 heterocycles. The van der Waals surface area contributed by atoms with E-state index in [1.807, 2.05) is 5.38 Å². The smallest absolute Gasteiger partial charge is 0.237 e. The van der Waals surface area contributed by atoms with Gasteiger partial charge in [0, 0.05) is 24.5 Å². The Bertz CT molecular complexity index is 535. The van der Waals surface area contributed by atoms with Gasteiger partial charge in [-0.05, 0) is 0 Å². The van der Waals surface area contributed by atoms with Crippen molar-refractivity contribution in [3.8, 4) is 0 Å². The van der Waals surface area contributed by atoms with E-state index in [1.165, 1.54) is 11.3 Å². The Morgan fingerprint density at radius 3 is 3.33 bits per heavy atom. The predicted octanol–water partition coefficient (Wildman–Crippen LogP) is 0.197. The second-order valence-electron chi connectivity index (χ2n) is 4.11. The Balaban J connectivity index is 1.57. The first kappa shape index (κ1) is 11.4. The van der Waals surface area contributed by atoms with Crippen LogP contribution in [0.2, 0.25) is 0 Å². The molecule has 1 aliphatic heterocycles. The van der Waals surface area contributed by atoms with Gasteiger partial charge in [0.25, 0.3) is 0 Å². The lowest BCUT2D eigenvalue weighted by atomic mass is 10.0. The average molecular weight is 263 g/mol. The standard InChI is InChI=1S/C11H13N5OS/c17-11(14-5-10-12-1-2-18-10)8-3-7-9(4-13-8)16-6-15-7/h1-2,6,8,13H,3-5H2,(H,14,17)(H,15,16). The first-order valence-corrected chi connectivity index (χ1v) is 6.61. The minimum Gasteiger partial charge on any atom is -0.348 e. The number of aromatic nitrogens is 3. The van der Waals surface area contributed by atoms with Gasteiger partial charge in [0.2, 0.25) is 5.91 Å². The zero-order chi connectivity index (χ0) is 12.4. The summed E-state index contributed by atoms with van der Waals surface area (Å²) in [6.45, 7) is 1.15. The van der Waals surface area contributed by atoms with Crippen LogP contribution in [0.25, 0.3) is 0 Å². The highest BCUT2D eigenvalue weighted by Gasteiger charge is 2.25. The van der Waals surface area contributed by atoms with E-state index in [4.69, 9.17) is 0 Å². The third-order valence-electron chi connectivity index (χ3n) is 2.94. The van der Waals surface area contributed by atoms with E-state index in [1.54, 1.807) is 12.5 Å². The van der Waals surface area contributed by atoms with Gasteiger partial charge in [0.05, 0.1) is 30.3 Å². The summed E-state index contributed by atoms with van der Waals surface area (Å²) in [5, 5.41) is 8.89. The van der Waals surface area contributed by atoms with Crippen molar-refractivity contribution in [2.45, 2.75) is 25.6 Å². The van der Waals surface area contributed by atoms with Crippen molar-refractivity contribution >= 4 is 17.2 Å². The first-order chi connectivity index (χ1) is 8.83. The summed E-state index contributed by atoms with van der Waals surface area (Å²) in [4.78, 5) is 23.4. The van der Waals surface area contributed by atoms with Gasteiger partial charge in [0.15, 0.2) is 0 Å². The number of carbonyl (C=O) groups excluding carboxylic acids is 1. The molecule has 0 radical (unpaired) electrons. The largest absolute Gasteiger partial charge is 0.348 e. The summed E-state index contributed by atoms with van der Waals surface area (Å²) in [7, 11) is 0. The van der Waals surface area contributed by atoms with Crippen LogP contribution in [0.5, 0.6) is 0 Å². The molecule has 2 aromatic rings. The molecule has 1 amide bonds. The normalized spacial score (nSPS) is 18.3. The van der Waals surface area contributed by atoms with Crippen LogP contribution in [0.1, 0.15) is 16.4 Å². The molecule has 7 heteroatoms. The molecular weight excluding hydrogens is 250 g/mol. The molecule has 1 atom stereocenters. The number of carbonyl (C=O) groups is 1. The predicted molar refractivity (Wildman–Crippen MR) is 66.9 cm³/mol. The molecule has 0 bridgehead atoms. The minimum absolute atomic E-state index is 0.00106. The van der Waals surface area contributed by atoms with Gasteiger partial charge in [-0.3, -0.25) is 10.1 Å². The molecule has 3 rings (SSSR count). The van der Waals surface area contributed by atoms with Gasteiger partial charge < -0.3 is 10.3 Å². The fraction of sp³-hybridized carbons (Fsp3) is 0.364. The van der Waals surface area contributed by atoms with Gasteiger partial charge in [0.1, 0.15) is 5.01 Å². The maximum Gasteiger partial charge on any atom is 0.237 e. The van der Waals surface area contributed by atoms with Gasteiger partial charge in [-0.15, -0.1) is 11.3 Å². The quantitative estimate of drug-likeness (QED) is 0.738. The monoisotopic (exact) mass is 263 g/mol. The summed E-state index contributed by atoms with van der Waals surface area (Å²) in [6, 6.07) is -0.208. The second-order valence-corrected chi connectivity index (χ2v) is 5.09. The van der Waals surface area contributed by atoms with Crippen molar-refractivity contribution in [2.75, 3.05) is 0 Å². The van der Waals surface area contributed by atoms with Crippen molar-refractivity contribution in [3.05, 3.63) is 34.3 Å². The molecule has 0 saturated carbocycles. The molecule has 0 spiro atoms. The third-order valence-corrected chi connectivity index (χ3v) is 3.72. The van der Waals surface area contributed by atoms with Gasteiger partial charge in [-0.2, -0.15) is 0 Å². The number of hydrogen-bond donors (Lipinski definition) is 3. The molecule has 94 valence electrons. The fourth-order valence-electron chi connectivity index (χ4n) is 1.98. The van der Waals surface area contributed by atoms with E-state index in [-0.39, 0.29) is 11.9 Å². The lowest BCUT2D eigenvalue weighted by Gasteiger charge is -2.21. The van der Waals surface area contributed by atoms with Crippen molar-refractivity contribution < 1.29 is 4.79 Å². The number of aromatic amines is 1. The maximum atomic E-state index is 12.0. The number of amides is 1. The van der Waals surface area contributed by atoms with Crippen LogP contribution in [0.3, 0.4) is 0 Å². The van der Waals surface area contributed by atoms with Crippen molar-refractivity contribution in [1.29, 1.82) is 0 Å². The number of nitrogens with one attached hydrogen (secondary N) is 3. The zero-order valence-corrected chi connectivity index (χ0v) is 10.5. The van der Waals surface area contributed by atoms with Crippen LogP contribution < -0.4 is 10.6 Å². The number of thiazole rings is 1. The molecule has 6 nitrogen and oxygen atoms in total. The van der Waals surface area contributed by atoms with E-state index in [0.29, 0.717) is 19.5 Å². The number of rotatable bonds is 3. The summed E-state index contributed by atoms with van der Waals surface area (Å²) in [5.74, 6) is -0.00106. The molecule has 1 aliphatic rings. The van der Waals surface area contributed by atoms with Gasteiger partial charge >= 0.3 is 0 Å². The van der Waals surface area contributed by atoms with E-state index in [0.717, 1.165) is 16.4 Å². The molecule has 0 saturated heterocycles. The van der Waals surface area contributed by atoms with Gasteiger partial charge in [-0.25, -0.2) is 9.97 Å². The molecule has 0 aliphatic carbocycles. The molecular formula is C11H13N5OS. The number of imidazole rings is 1. The summed E-state index contributed by atoms with van der Waals surface area (Å²) in [5.41, 5.74) is 2.04. The van der Waals surface area contributed by atoms with Crippen LogP contribution in [-0.2, 0) is 24.3 Å². The number of fused-ring (bicyclic) bond motifs is 1. The van der Waals surface area contributed by atoms with E-state index < -0.39 is 0 Å². The van der Waals surface area contributed by atoms with Crippen LogP contribution in [0.4, 0.5) is 0 Å². The van der Waals surface area contributed by atoms with Crippen LogP contribution in [0, 0.1) is 0 Å². The summed E-state index contributed by atoms with van der Waals surface area (Å²) >= 11 is 1.54. The van der Waals surface area contributed by atoms with Crippen molar-refractivity contribution in [1.82, 2.24) is 25.6 Å². The molecule has 3 N–H and O–H groups in total. The molecule has 2 aromatic heterocycles. The fourth-order valence-corrected chi connectivity index (χ4v) is 2.54. The van der Waals surface area contributed by atoms with E-state index in [9.17, 15) is 4.79 Å². The Kier molecular flexibility index (Phi) is 3.07.